The fourth-order valence-corrected chi connectivity index (χ4v) is 9.55. The van der Waals surface area contributed by atoms with E-state index in [9.17, 15) is 9.90 Å². The molecule has 35 heavy (non-hydrogen) atoms. The third-order valence-electron chi connectivity index (χ3n) is 6.64. The van der Waals surface area contributed by atoms with E-state index in [0.29, 0.717) is 24.9 Å². The number of nitrogens with zero attached hydrogens (tertiary/aromatic N) is 2. The summed E-state index contributed by atoms with van der Waals surface area (Å²) in [7, 11) is -2.55. The zero-order valence-corrected chi connectivity index (χ0v) is 21.7. The number of anilines is 1. The summed E-state index contributed by atoms with van der Waals surface area (Å²) in [6, 6.07) is 26.6. The van der Waals surface area contributed by atoms with E-state index in [1.807, 2.05) is 0 Å². The molecule has 0 aliphatic carbocycles. The molecule has 0 saturated carbocycles. The molecule has 2 heterocycles. The van der Waals surface area contributed by atoms with Crippen molar-refractivity contribution in [3.63, 3.8) is 0 Å². The van der Waals surface area contributed by atoms with E-state index < -0.39 is 20.3 Å². The number of β-amino-alcohol motifs (C(OH)–C–C–N with tert-alkyl or cyclic N) is 1. The molecule has 2 N–H and O–H groups in total. The highest BCUT2D eigenvalue weighted by atomic mass is 28.4. The van der Waals surface area contributed by atoms with Crippen LogP contribution in [0, 0.1) is 5.92 Å². The van der Waals surface area contributed by atoms with Crippen LogP contribution >= 0.6 is 0 Å². The molecule has 3 aromatic rings. The van der Waals surface area contributed by atoms with Gasteiger partial charge in [-0.3, -0.25) is 9.69 Å². The van der Waals surface area contributed by atoms with Gasteiger partial charge in [0.2, 0.25) is 0 Å². The third-order valence-corrected chi connectivity index (χ3v) is 11.6. The minimum Gasteiger partial charge on any atom is -0.407 e. The summed E-state index contributed by atoms with van der Waals surface area (Å²) in [5, 5.41) is 15.5. The number of carbonyl (C=O) groups excluding carboxylic acids is 1. The quantitative estimate of drug-likeness (QED) is 0.452. The molecule has 1 aliphatic heterocycles. The molecule has 0 unspecified atom stereocenters. The van der Waals surface area contributed by atoms with E-state index in [4.69, 9.17) is 4.43 Å². The number of aromatic nitrogens is 1. The van der Waals surface area contributed by atoms with E-state index in [-0.39, 0.29) is 5.04 Å². The Hall–Kier alpha value is -2.84. The molecule has 2 aromatic carbocycles. The van der Waals surface area contributed by atoms with Gasteiger partial charge < -0.3 is 14.8 Å². The Labute approximate surface area is 209 Å². The van der Waals surface area contributed by atoms with Gasteiger partial charge in [0.25, 0.3) is 14.2 Å². The Bertz CT molecular complexity index is 1050. The second-order valence-electron chi connectivity index (χ2n) is 10.3. The maximum absolute atomic E-state index is 12.3. The van der Waals surface area contributed by atoms with Crippen LogP contribution in [0.25, 0.3) is 0 Å². The van der Waals surface area contributed by atoms with Gasteiger partial charge in [-0.15, -0.1) is 0 Å². The van der Waals surface area contributed by atoms with Crippen molar-refractivity contribution in [1.82, 2.24) is 9.88 Å². The van der Waals surface area contributed by atoms with Gasteiger partial charge in [0.1, 0.15) is 11.9 Å². The summed E-state index contributed by atoms with van der Waals surface area (Å²) < 4.78 is 7.01. The average Bonchev–Trinajstić information content (AvgIpc) is 2.83. The van der Waals surface area contributed by atoms with Gasteiger partial charge in [0.15, 0.2) is 0 Å². The fourth-order valence-electron chi connectivity index (χ4n) is 4.91. The van der Waals surface area contributed by atoms with Gasteiger partial charge in [-0.05, 0) is 27.5 Å². The molecule has 1 fully saturated rings. The molecule has 0 spiro atoms. The second kappa shape index (κ2) is 10.8. The fraction of sp³-hybridized carbons (Fsp3) is 0.357. The van der Waals surface area contributed by atoms with Crippen molar-refractivity contribution in [3.05, 3.63) is 85.1 Å². The number of carbonyl (C=O) groups is 1. The molecular formula is C28H35N3O3Si. The molecule has 4 rings (SSSR count). The van der Waals surface area contributed by atoms with Crippen molar-refractivity contribution >= 4 is 30.4 Å². The van der Waals surface area contributed by atoms with Crippen molar-refractivity contribution in [1.29, 1.82) is 0 Å². The highest BCUT2D eigenvalue weighted by molar-refractivity contribution is 6.99. The lowest BCUT2D eigenvalue weighted by atomic mass is 10.0. The van der Waals surface area contributed by atoms with Crippen LogP contribution in [0.4, 0.5) is 5.82 Å². The minimum atomic E-state index is -2.55. The summed E-state index contributed by atoms with van der Waals surface area (Å²) >= 11 is 0. The average molecular weight is 490 g/mol. The zero-order chi connectivity index (χ0) is 24.9. The monoisotopic (exact) mass is 489 g/mol. The summed E-state index contributed by atoms with van der Waals surface area (Å²) in [5.41, 5.74) is 0. The number of likely N-dealkylation sites (tertiary alicyclic amines) is 1. The molecule has 1 saturated heterocycles. The van der Waals surface area contributed by atoms with Crippen molar-refractivity contribution in [2.24, 2.45) is 5.92 Å². The van der Waals surface area contributed by atoms with E-state index in [1.54, 1.807) is 24.4 Å². The first-order valence-corrected chi connectivity index (χ1v) is 14.1. The molecule has 1 aliphatic rings. The normalized spacial score (nSPS) is 15.9. The van der Waals surface area contributed by atoms with Gasteiger partial charge in [0.05, 0.1) is 0 Å². The first kappa shape index (κ1) is 25.3. The van der Waals surface area contributed by atoms with E-state index in [1.165, 1.54) is 10.4 Å². The first-order chi connectivity index (χ1) is 16.8. The number of pyridine rings is 1. The van der Waals surface area contributed by atoms with Crippen molar-refractivity contribution in [2.75, 3.05) is 31.6 Å². The Balaban J connectivity index is 1.39. The van der Waals surface area contributed by atoms with Gasteiger partial charge in [-0.25, -0.2) is 4.98 Å². The van der Waals surface area contributed by atoms with E-state index in [2.05, 4.69) is 96.6 Å². The zero-order valence-electron chi connectivity index (χ0n) is 20.7. The van der Waals surface area contributed by atoms with Gasteiger partial charge in [0, 0.05) is 38.4 Å². The molecule has 0 radical (unpaired) electrons. The number of aliphatic hydroxyl groups is 1. The van der Waals surface area contributed by atoms with Crippen LogP contribution in [0.1, 0.15) is 20.8 Å². The largest absolute Gasteiger partial charge is 0.407 e. The maximum Gasteiger partial charge on any atom is 0.261 e. The summed E-state index contributed by atoms with van der Waals surface area (Å²) in [4.78, 5) is 18.5. The molecule has 0 bridgehead atoms. The number of nitrogens with one attached hydrogen (secondary N) is 1. The van der Waals surface area contributed by atoms with Crippen LogP contribution in [-0.2, 0) is 9.22 Å². The molecule has 1 atom stereocenters. The van der Waals surface area contributed by atoms with Crippen LogP contribution in [0.5, 0.6) is 0 Å². The molecule has 7 heteroatoms. The van der Waals surface area contributed by atoms with E-state index >= 15 is 0 Å². The molecule has 6 nitrogen and oxygen atoms in total. The number of hydrogen-bond acceptors (Lipinski definition) is 5. The van der Waals surface area contributed by atoms with Crippen LogP contribution in [0.2, 0.25) is 5.04 Å². The highest BCUT2D eigenvalue weighted by Crippen LogP contribution is 2.37. The maximum atomic E-state index is 12.3. The Morgan fingerprint density at radius 3 is 2.11 bits per heavy atom. The molecule has 184 valence electrons. The van der Waals surface area contributed by atoms with Crippen LogP contribution in [0.15, 0.2) is 85.1 Å². The lowest BCUT2D eigenvalue weighted by molar-refractivity contribution is -0.126. The molecule has 1 aromatic heterocycles. The molecule has 1 amide bonds. The predicted molar refractivity (Wildman–Crippen MR) is 142 cm³/mol. The number of benzene rings is 2. The van der Waals surface area contributed by atoms with Crippen molar-refractivity contribution in [3.8, 4) is 0 Å². The number of aliphatic hydroxyl groups excluding tert-OH is 1. The smallest absolute Gasteiger partial charge is 0.261 e. The van der Waals surface area contributed by atoms with Crippen molar-refractivity contribution in [2.45, 2.75) is 31.9 Å². The minimum absolute atomic E-state index is 0.0566. The summed E-state index contributed by atoms with van der Waals surface area (Å²) in [6.07, 6.45) is 0.504. The summed E-state index contributed by atoms with van der Waals surface area (Å²) in [5.74, 6) is 0.371. The Kier molecular flexibility index (Phi) is 7.81. The predicted octanol–water partition coefficient (Wildman–Crippen LogP) is 2.89. The van der Waals surface area contributed by atoms with Gasteiger partial charge >= 0.3 is 0 Å². The number of rotatable bonds is 9. The lowest BCUT2D eigenvalue weighted by Gasteiger charge is -2.46. The van der Waals surface area contributed by atoms with Crippen LogP contribution < -0.4 is 15.7 Å². The third kappa shape index (κ3) is 5.70. The second-order valence-corrected chi connectivity index (χ2v) is 14.6. The topological polar surface area (TPSA) is 74.7 Å². The van der Waals surface area contributed by atoms with Gasteiger partial charge in [-0.1, -0.05) is 87.5 Å². The number of hydrogen-bond donors (Lipinski definition) is 2. The van der Waals surface area contributed by atoms with E-state index in [0.717, 1.165) is 13.1 Å². The standard InChI is InChI=1S/C28H35N3O3Si/c1-28(2,3)35(23-12-6-4-7-13-23,24-14-8-5-9-15-24)34-21-22-18-31(19-22)20-25(32)27(33)30-26-16-10-11-17-29-26/h4-17,22,25,32H,18-21H2,1-3H3,(H,29,30,33)/t25-/m0/s1. The van der Waals surface area contributed by atoms with Crippen LogP contribution in [-0.4, -0.2) is 61.6 Å². The Morgan fingerprint density at radius 2 is 1.60 bits per heavy atom. The lowest BCUT2D eigenvalue weighted by Crippen LogP contribution is -2.67. The molecular weight excluding hydrogens is 454 g/mol. The number of amides is 1. The van der Waals surface area contributed by atoms with Gasteiger partial charge in [-0.2, -0.15) is 0 Å². The highest BCUT2D eigenvalue weighted by Gasteiger charge is 2.50. The van der Waals surface area contributed by atoms with Crippen LogP contribution in [0.3, 0.4) is 0 Å². The SMILES string of the molecule is CC(C)(C)[Si](OCC1CN(C[C@H](O)C(=O)Nc2ccccn2)C1)(c1ccccc1)c1ccccc1. The van der Waals surface area contributed by atoms with Crippen molar-refractivity contribution < 1.29 is 14.3 Å². The first-order valence-electron chi connectivity index (χ1n) is 12.2. The Morgan fingerprint density at radius 1 is 1.03 bits per heavy atom. The summed E-state index contributed by atoms with van der Waals surface area (Å²) in [6.45, 7) is 9.39.